The van der Waals surface area contributed by atoms with Crippen LogP contribution in [0.1, 0.15) is 39.4 Å². The molecule has 0 aliphatic rings. The smallest absolute Gasteiger partial charge is 0.348 e. The van der Waals surface area contributed by atoms with Gasteiger partial charge >= 0.3 is 11.9 Å². The van der Waals surface area contributed by atoms with Gasteiger partial charge in [-0.3, -0.25) is 4.79 Å². The number of hydrogen-bond donors (Lipinski definition) is 1. The Kier molecular flexibility index (Phi) is 8.66. The molecule has 0 spiro atoms. The Hall–Kier alpha value is -3.38. The van der Waals surface area contributed by atoms with Crippen molar-refractivity contribution in [2.45, 2.75) is 26.0 Å². The summed E-state index contributed by atoms with van der Waals surface area (Å²) in [6, 6.07) is 7.19. The minimum Gasteiger partial charge on any atom is -0.496 e. The predicted octanol–water partition coefficient (Wildman–Crippen LogP) is 4.20. The summed E-state index contributed by atoms with van der Waals surface area (Å²) >= 11 is 1.99. The van der Waals surface area contributed by atoms with E-state index in [-0.39, 0.29) is 45.5 Å². The van der Waals surface area contributed by atoms with E-state index in [0.717, 1.165) is 23.1 Å². The second kappa shape index (κ2) is 11.7. The monoisotopic (exact) mass is 505 g/mol. The third kappa shape index (κ3) is 5.75. The number of anilines is 1. The summed E-state index contributed by atoms with van der Waals surface area (Å²) in [5.41, 5.74) is 1.15. The quantitative estimate of drug-likeness (QED) is 0.316. The lowest BCUT2D eigenvalue weighted by Crippen LogP contribution is -2.16. The fourth-order valence-electron chi connectivity index (χ4n) is 2.93. The van der Waals surface area contributed by atoms with Crippen molar-refractivity contribution in [2.75, 3.05) is 31.4 Å². The van der Waals surface area contributed by atoms with Crippen molar-refractivity contribution in [3.05, 3.63) is 40.3 Å². The number of carbonyl (C=O) groups is 3. The van der Waals surface area contributed by atoms with E-state index in [1.54, 1.807) is 40.0 Å². The first-order valence-corrected chi connectivity index (χ1v) is 12.1. The number of hydrogen-bond acceptors (Lipinski definition) is 11. The average molecular weight is 506 g/mol. The maximum Gasteiger partial charge on any atom is 0.348 e. The molecule has 3 aromatic rings. The first-order chi connectivity index (χ1) is 16.4. The molecule has 3 rings (SSSR count). The number of nitrogens with zero attached hydrogens (tertiary/aromatic N) is 2. The molecule has 180 valence electrons. The molecular weight excluding hydrogens is 482 g/mol. The van der Waals surface area contributed by atoms with Crippen LogP contribution in [0.4, 0.5) is 5.00 Å². The van der Waals surface area contributed by atoms with E-state index < -0.39 is 17.8 Å². The Labute approximate surface area is 204 Å². The van der Waals surface area contributed by atoms with Crippen LogP contribution < -0.4 is 10.1 Å². The van der Waals surface area contributed by atoms with Gasteiger partial charge in [-0.1, -0.05) is 23.9 Å². The van der Waals surface area contributed by atoms with E-state index in [1.807, 2.05) is 12.1 Å². The van der Waals surface area contributed by atoms with Crippen molar-refractivity contribution in [1.29, 1.82) is 0 Å². The highest BCUT2D eigenvalue weighted by Gasteiger charge is 2.27. The van der Waals surface area contributed by atoms with Gasteiger partial charge in [-0.15, -0.1) is 21.5 Å². The Morgan fingerprint density at radius 2 is 1.79 bits per heavy atom. The summed E-state index contributed by atoms with van der Waals surface area (Å²) < 4.78 is 21.1. The molecule has 1 N–H and O–H groups in total. The third-order valence-electron chi connectivity index (χ3n) is 4.41. The molecule has 0 atom stereocenters. The Bertz CT molecular complexity index is 1190. The molecular formula is C22H23N3O7S2. The average Bonchev–Trinajstić information content (AvgIpc) is 3.42. The fraction of sp³-hybridized carbons (Fsp3) is 0.318. The summed E-state index contributed by atoms with van der Waals surface area (Å²) in [6.45, 7) is 5.30. The number of thiophene rings is 1. The van der Waals surface area contributed by atoms with E-state index in [2.05, 4.69) is 15.5 Å². The van der Waals surface area contributed by atoms with E-state index in [0.29, 0.717) is 16.9 Å². The normalized spacial score (nSPS) is 10.6. The van der Waals surface area contributed by atoms with Crippen LogP contribution in [0.25, 0.3) is 11.5 Å². The second-order valence-electron chi connectivity index (χ2n) is 6.61. The van der Waals surface area contributed by atoms with Crippen LogP contribution in [-0.4, -0.2) is 54.1 Å². The lowest BCUT2D eigenvalue weighted by Gasteiger charge is -2.06. The van der Waals surface area contributed by atoms with Crippen molar-refractivity contribution >= 4 is 45.9 Å². The third-order valence-corrected chi connectivity index (χ3v) is 6.42. The van der Waals surface area contributed by atoms with Crippen LogP contribution in [0.15, 0.2) is 33.9 Å². The zero-order valence-electron chi connectivity index (χ0n) is 19.0. The Morgan fingerprint density at radius 1 is 1.09 bits per heavy atom. The predicted molar refractivity (Wildman–Crippen MR) is 127 cm³/mol. The molecule has 0 bridgehead atoms. The lowest BCUT2D eigenvalue weighted by atomic mass is 10.1. The zero-order valence-corrected chi connectivity index (χ0v) is 20.6. The van der Waals surface area contributed by atoms with E-state index in [9.17, 15) is 14.4 Å². The number of methoxy groups -OCH3 is 1. The van der Waals surface area contributed by atoms with Crippen molar-refractivity contribution in [1.82, 2.24) is 10.2 Å². The summed E-state index contributed by atoms with van der Waals surface area (Å²) in [6.07, 6.45) is 0. The number of nitrogens with one attached hydrogen (secondary N) is 1. The summed E-state index contributed by atoms with van der Waals surface area (Å²) in [5.74, 6) is -0.852. The van der Waals surface area contributed by atoms with Gasteiger partial charge in [0.1, 0.15) is 15.6 Å². The van der Waals surface area contributed by atoms with Gasteiger partial charge in [0.2, 0.25) is 5.91 Å². The van der Waals surface area contributed by atoms with Gasteiger partial charge in [-0.2, -0.15) is 0 Å². The number of para-hydroxylation sites is 1. The van der Waals surface area contributed by atoms with Gasteiger partial charge in [0.05, 0.1) is 37.2 Å². The minimum absolute atomic E-state index is 0.0679. The number of aromatic nitrogens is 2. The summed E-state index contributed by atoms with van der Waals surface area (Å²) in [4.78, 5) is 37.6. The highest BCUT2D eigenvalue weighted by atomic mass is 32.2. The van der Waals surface area contributed by atoms with Crippen LogP contribution in [0.3, 0.4) is 0 Å². The Morgan fingerprint density at radius 3 is 2.50 bits per heavy atom. The van der Waals surface area contributed by atoms with E-state index in [1.165, 1.54) is 0 Å². The van der Waals surface area contributed by atoms with Crippen LogP contribution in [0, 0.1) is 6.92 Å². The molecule has 0 radical (unpaired) electrons. The lowest BCUT2D eigenvalue weighted by molar-refractivity contribution is -0.113. The number of ether oxygens (including phenoxy) is 3. The number of amides is 1. The second-order valence-corrected chi connectivity index (χ2v) is 8.56. The van der Waals surface area contributed by atoms with Crippen LogP contribution in [0.2, 0.25) is 0 Å². The zero-order chi connectivity index (χ0) is 24.7. The highest BCUT2D eigenvalue weighted by Crippen LogP contribution is 2.35. The molecule has 12 heteroatoms. The molecule has 0 unspecified atom stereocenters. The molecule has 1 amide bonds. The van der Waals surface area contributed by atoms with Gasteiger partial charge in [-0.25, -0.2) is 9.59 Å². The number of rotatable bonds is 10. The van der Waals surface area contributed by atoms with Crippen LogP contribution in [-0.2, 0) is 14.3 Å². The summed E-state index contributed by atoms with van der Waals surface area (Å²) in [5, 5.41) is 11.0. The Balaban J connectivity index is 1.72. The topological polar surface area (TPSA) is 130 Å². The van der Waals surface area contributed by atoms with Gasteiger partial charge in [0, 0.05) is 0 Å². The molecule has 0 saturated carbocycles. The maximum atomic E-state index is 12.6. The first kappa shape index (κ1) is 25.2. The van der Waals surface area contributed by atoms with Crippen molar-refractivity contribution in [2.24, 2.45) is 0 Å². The largest absolute Gasteiger partial charge is 0.496 e. The number of esters is 2. The SMILES string of the molecule is CCOC(=O)c1sc(NC(=O)CSc2nnc(-c3ccccc3OC)o2)c(C(=O)OCC)c1C. The molecule has 0 aliphatic carbocycles. The van der Waals surface area contributed by atoms with Gasteiger partial charge in [0.15, 0.2) is 0 Å². The van der Waals surface area contributed by atoms with Gasteiger partial charge in [-0.05, 0) is 38.5 Å². The number of thioether (sulfide) groups is 1. The molecule has 34 heavy (non-hydrogen) atoms. The molecule has 2 aromatic heterocycles. The standard InChI is InChI=1S/C22H23N3O7S2/c1-5-30-20(27)16-12(3)17(21(28)31-6-2)34-19(16)23-15(26)11-33-22-25-24-18(32-22)13-9-7-8-10-14(13)29-4/h7-10H,5-6,11H2,1-4H3,(H,23,26). The van der Waals surface area contributed by atoms with Crippen molar-refractivity contribution in [3.8, 4) is 17.2 Å². The molecule has 0 saturated heterocycles. The van der Waals surface area contributed by atoms with Crippen LogP contribution in [0.5, 0.6) is 5.75 Å². The van der Waals surface area contributed by atoms with E-state index >= 15 is 0 Å². The fourth-order valence-corrected chi connectivity index (χ4v) is 4.60. The van der Waals surface area contributed by atoms with Gasteiger partial charge < -0.3 is 23.9 Å². The molecule has 0 fully saturated rings. The first-order valence-electron chi connectivity index (χ1n) is 10.3. The minimum atomic E-state index is -0.631. The van der Waals surface area contributed by atoms with Crippen LogP contribution >= 0.6 is 23.1 Å². The van der Waals surface area contributed by atoms with Crippen molar-refractivity contribution < 1.29 is 33.0 Å². The molecule has 1 aromatic carbocycles. The molecule has 2 heterocycles. The molecule has 0 aliphatic heterocycles. The maximum absolute atomic E-state index is 12.6. The van der Waals surface area contributed by atoms with E-state index in [4.69, 9.17) is 18.6 Å². The highest BCUT2D eigenvalue weighted by molar-refractivity contribution is 7.99. The molecule has 10 nitrogen and oxygen atoms in total. The number of carbonyl (C=O) groups excluding carboxylic acids is 3. The summed E-state index contributed by atoms with van der Waals surface area (Å²) in [7, 11) is 1.54. The van der Waals surface area contributed by atoms with Gasteiger partial charge in [0.25, 0.3) is 11.1 Å². The van der Waals surface area contributed by atoms with Crippen molar-refractivity contribution in [3.63, 3.8) is 0 Å². The number of benzene rings is 1.